The average Bonchev–Trinajstić information content (AvgIpc) is 2.41. The summed E-state index contributed by atoms with van der Waals surface area (Å²) in [6.45, 7) is 1.92. The normalized spacial score (nSPS) is 10.8. The van der Waals surface area contributed by atoms with Gasteiger partial charge in [-0.25, -0.2) is 9.37 Å². The molecule has 2 rings (SSSR count). The summed E-state index contributed by atoms with van der Waals surface area (Å²) in [5.41, 5.74) is 6.87. The molecule has 0 saturated heterocycles. The molecule has 0 spiro atoms. The fourth-order valence-electron chi connectivity index (χ4n) is 1.12. The maximum atomic E-state index is 13.1. The zero-order chi connectivity index (χ0) is 8.72. The zero-order valence-corrected chi connectivity index (χ0v) is 7.28. The molecule has 12 heavy (non-hydrogen) atoms. The van der Waals surface area contributed by atoms with Crippen LogP contribution in [0.3, 0.4) is 0 Å². The van der Waals surface area contributed by atoms with Crippen LogP contribution in [0.2, 0.25) is 0 Å². The molecule has 4 heteroatoms. The lowest BCUT2D eigenvalue weighted by molar-refractivity contribution is 0.637. The minimum atomic E-state index is -0.302. The van der Waals surface area contributed by atoms with Crippen LogP contribution in [-0.4, -0.2) is 4.98 Å². The molecule has 2 nitrogen and oxygen atoms in total. The quantitative estimate of drug-likeness (QED) is 0.679. The van der Waals surface area contributed by atoms with Crippen molar-refractivity contribution in [2.75, 3.05) is 5.73 Å². The first-order chi connectivity index (χ1) is 5.68. The van der Waals surface area contributed by atoms with E-state index in [1.54, 1.807) is 6.07 Å². The third kappa shape index (κ3) is 0.956. The second-order valence-electron chi connectivity index (χ2n) is 2.59. The minimum absolute atomic E-state index is 0.302. The van der Waals surface area contributed by atoms with Crippen LogP contribution in [0, 0.1) is 12.7 Å². The van der Waals surface area contributed by atoms with E-state index >= 15 is 0 Å². The molecule has 0 saturated carbocycles. The summed E-state index contributed by atoms with van der Waals surface area (Å²) in [6, 6.07) is 3.14. The average molecular weight is 182 g/mol. The number of nitrogens with two attached hydrogens (primary N) is 1. The van der Waals surface area contributed by atoms with Crippen LogP contribution in [0.1, 0.15) is 5.56 Å². The molecule has 2 N–H and O–H groups in total. The van der Waals surface area contributed by atoms with Crippen molar-refractivity contribution in [2.45, 2.75) is 6.92 Å². The van der Waals surface area contributed by atoms with E-state index in [1.807, 2.05) is 6.92 Å². The number of halogens is 1. The van der Waals surface area contributed by atoms with E-state index in [-0.39, 0.29) is 5.82 Å². The Hall–Kier alpha value is -1.16. The van der Waals surface area contributed by atoms with Crippen molar-refractivity contribution in [3.63, 3.8) is 0 Å². The Bertz CT molecular complexity index is 397. The zero-order valence-electron chi connectivity index (χ0n) is 6.47. The summed E-state index contributed by atoms with van der Waals surface area (Å²) in [7, 11) is 0. The minimum Gasteiger partial charge on any atom is -0.375 e. The van der Waals surface area contributed by atoms with Gasteiger partial charge in [-0.1, -0.05) is 17.4 Å². The summed E-state index contributed by atoms with van der Waals surface area (Å²) in [5.74, 6) is -0.302. The first kappa shape index (κ1) is 7.49. The maximum Gasteiger partial charge on any atom is 0.181 e. The number of nitrogen functional groups attached to an aromatic ring is 1. The molecule has 62 valence electrons. The number of rotatable bonds is 0. The third-order valence-electron chi connectivity index (χ3n) is 1.71. The second kappa shape index (κ2) is 2.42. The molecule has 0 radical (unpaired) electrons. The highest BCUT2D eigenvalue weighted by molar-refractivity contribution is 7.22. The van der Waals surface area contributed by atoms with E-state index in [4.69, 9.17) is 5.73 Å². The molecular formula is C8H7FN2S. The van der Waals surface area contributed by atoms with Gasteiger partial charge < -0.3 is 5.73 Å². The summed E-state index contributed by atoms with van der Waals surface area (Å²) in [6.07, 6.45) is 0. The van der Waals surface area contributed by atoms with Crippen LogP contribution in [-0.2, 0) is 0 Å². The standard InChI is InChI=1S/C8H7FN2S/c1-4-2-3-5(9)6-7(4)12-8(10)11-6/h2-3H,1H3,(H2,10,11). The molecule has 0 unspecified atom stereocenters. The van der Waals surface area contributed by atoms with E-state index in [1.165, 1.54) is 17.4 Å². The maximum absolute atomic E-state index is 13.1. The van der Waals surface area contributed by atoms with Crippen molar-refractivity contribution in [1.82, 2.24) is 4.98 Å². The molecule has 1 aromatic heterocycles. The first-order valence-corrected chi connectivity index (χ1v) is 4.31. The molecule has 0 fully saturated rings. The van der Waals surface area contributed by atoms with E-state index in [2.05, 4.69) is 4.98 Å². The molecule has 2 aromatic rings. The summed E-state index contributed by atoms with van der Waals surface area (Å²) in [4.78, 5) is 3.89. The Morgan fingerprint density at radius 1 is 1.50 bits per heavy atom. The van der Waals surface area contributed by atoms with Crippen LogP contribution in [0.5, 0.6) is 0 Å². The lowest BCUT2D eigenvalue weighted by atomic mass is 10.2. The molecule has 1 aromatic carbocycles. The number of hydrogen-bond donors (Lipinski definition) is 1. The number of fused-ring (bicyclic) bond motifs is 1. The van der Waals surface area contributed by atoms with E-state index in [0.717, 1.165) is 10.3 Å². The van der Waals surface area contributed by atoms with Gasteiger partial charge in [0.25, 0.3) is 0 Å². The van der Waals surface area contributed by atoms with Crippen molar-refractivity contribution in [1.29, 1.82) is 0 Å². The Balaban J connectivity index is 2.93. The Morgan fingerprint density at radius 3 is 2.92 bits per heavy atom. The van der Waals surface area contributed by atoms with Gasteiger partial charge in [-0.3, -0.25) is 0 Å². The van der Waals surface area contributed by atoms with Gasteiger partial charge >= 0.3 is 0 Å². The lowest BCUT2D eigenvalue weighted by Gasteiger charge is -1.93. The van der Waals surface area contributed by atoms with Crippen molar-refractivity contribution in [2.24, 2.45) is 0 Å². The third-order valence-corrected chi connectivity index (χ3v) is 2.73. The van der Waals surface area contributed by atoms with Crippen LogP contribution >= 0.6 is 11.3 Å². The first-order valence-electron chi connectivity index (χ1n) is 3.49. The van der Waals surface area contributed by atoms with Crippen LogP contribution < -0.4 is 5.73 Å². The predicted octanol–water partition coefficient (Wildman–Crippen LogP) is 2.33. The molecular weight excluding hydrogens is 175 g/mol. The number of thiazole rings is 1. The molecule has 0 bridgehead atoms. The van der Waals surface area contributed by atoms with E-state index < -0.39 is 0 Å². The van der Waals surface area contributed by atoms with Crippen LogP contribution in [0.25, 0.3) is 10.2 Å². The molecule has 0 aliphatic heterocycles. The summed E-state index contributed by atoms with van der Waals surface area (Å²) in [5, 5.41) is 0.415. The van der Waals surface area contributed by atoms with Gasteiger partial charge in [-0.15, -0.1) is 0 Å². The van der Waals surface area contributed by atoms with Gasteiger partial charge in [0, 0.05) is 0 Å². The Morgan fingerprint density at radius 2 is 2.25 bits per heavy atom. The Labute approximate surface area is 72.8 Å². The van der Waals surface area contributed by atoms with Crippen molar-refractivity contribution in [3.05, 3.63) is 23.5 Å². The molecule has 1 heterocycles. The topological polar surface area (TPSA) is 38.9 Å². The highest BCUT2D eigenvalue weighted by atomic mass is 32.1. The number of hydrogen-bond acceptors (Lipinski definition) is 3. The van der Waals surface area contributed by atoms with Crippen molar-refractivity contribution in [3.8, 4) is 0 Å². The molecule has 0 aliphatic rings. The number of benzene rings is 1. The van der Waals surface area contributed by atoms with Gasteiger partial charge in [0.1, 0.15) is 11.3 Å². The molecule has 0 aliphatic carbocycles. The fraction of sp³-hybridized carbons (Fsp3) is 0.125. The molecule has 0 amide bonds. The van der Waals surface area contributed by atoms with E-state index in [9.17, 15) is 4.39 Å². The van der Waals surface area contributed by atoms with Gasteiger partial charge in [-0.05, 0) is 18.6 Å². The summed E-state index contributed by atoms with van der Waals surface area (Å²) >= 11 is 1.32. The Kier molecular flexibility index (Phi) is 1.51. The van der Waals surface area contributed by atoms with E-state index in [0.29, 0.717) is 10.6 Å². The van der Waals surface area contributed by atoms with Crippen LogP contribution in [0.4, 0.5) is 9.52 Å². The highest BCUT2D eigenvalue weighted by Gasteiger charge is 2.07. The SMILES string of the molecule is Cc1ccc(F)c2nc(N)sc12. The number of aryl methyl sites for hydroxylation is 1. The monoisotopic (exact) mass is 182 g/mol. The van der Waals surface area contributed by atoms with Gasteiger partial charge in [0.2, 0.25) is 0 Å². The van der Waals surface area contributed by atoms with Crippen LogP contribution in [0.15, 0.2) is 12.1 Å². The highest BCUT2D eigenvalue weighted by Crippen LogP contribution is 2.28. The van der Waals surface area contributed by atoms with Gasteiger partial charge in [0.05, 0.1) is 4.70 Å². The van der Waals surface area contributed by atoms with Crippen molar-refractivity contribution >= 4 is 26.7 Å². The largest absolute Gasteiger partial charge is 0.375 e. The number of aromatic nitrogens is 1. The summed E-state index contributed by atoms with van der Waals surface area (Å²) < 4.78 is 13.9. The smallest absolute Gasteiger partial charge is 0.181 e. The molecule has 0 atom stereocenters. The lowest BCUT2D eigenvalue weighted by Crippen LogP contribution is -1.82. The fourth-order valence-corrected chi connectivity index (χ4v) is 1.93. The van der Waals surface area contributed by atoms with Crippen molar-refractivity contribution < 1.29 is 4.39 Å². The number of anilines is 1. The second-order valence-corrected chi connectivity index (χ2v) is 3.62. The van der Waals surface area contributed by atoms with Gasteiger partial charge in [-0.2, -0.15) is 0 Å². The predicted molar refractivity (Wildman–Crippen MR) is 48.7 cm³/mol. The number of nitrogens with zero attached hydrogens (tertiary/aromatic N) is 1. The van der Waals surface area contributed by atoms with Gasteiger partial charge in [0.15, 0.2) is 5.13 Å².